The van der Waals surface area contributed by atoms with E-state index in [9.17, 15) is 22.4 Å². The van der Waals surface area contributed by atoms with Crippen LogP contribution in [0.25, 0.3) is 10.9 Å². The zero-order valence-corrected chi connectivity index (χ0v) is 19.6. The number of rotatable bonds is 7. The van der Waals surface area contributed by atoms with Crippen LogP contribution >= 0.6 is 0 Å². The second kappa shape index (κ2) is 10.1. The second-order valence-electron chi connectivity index (χ2n) is 7.94. The molecule has 4 N–H and O–H groups in total. The Kier molecular flexibility index (Phi) is 6.94. The molecule has 0 aliphatic carbocycles. The molecule has 0 saturated heterocycles. The number of carbonyl (C=O) groups is 2. The highest BCUT2D eigenvalue weighted by molar-refractivity contribution is 7.89. The van der Waals surface area contributed by atoms with Crippen LogP contribution < -0.4 is 15.6 Å². The number of aryl methyl sites for hydroxylation is 1. The van der Waals surface area contributed by atoms with Gasteiger partial charge in [0.15, 0.2) is 0 Å². The molecule has 3 aromatic carbocycles. The van der Waals surface area contributed by atoms with Gasteiger partial charge in [0.25, 0.3) is 5.91 Å². The average Bonchev–Trinajstić information content (AvgIpc) is 3.16. The minimum absolute atomic E-state index is 0.0539. The molecule has 8 nitrogen and oxygen atoms in total. The number of aromatic amines is 1. The molecular formula is C25H23FN4O4S. The summed E-state index contributed by atoms with van der Waals surface area (Å²) in [6.07, 6.45) is -0.0899. The third-order valence-electron chi connectivity index (χ3n) is 5.45. The fourth-order valence-corrected chi connectivity index (χ4v) is 4.71. The topological polar surface area (TPSA) is 120 Å². The lowest BCUT2D eigenvalue weighted by molar-refractivity contribution is -0.121. The number of fused-ring (bicyclic) bond motifs is 1. The Morgan fingerprint density at radius 2 is 1.71 bits per heavy atom. The van der Waals surface area contributed by atoms with Gasteiger partial charge in [-0.25, -0.2) is 17.5 Å². The monoisotopic (exact) mass is 494 g/mol. The molecule has 0 radical (unpaired) electrons. The van der Waals surface area contributed by atoms with Gasteiger partial charge >= 0.3 is 0 Å². The van der Waals surface area contributed by atoms with Gasteiger partial charge in [-0.1, -0.05) is 36.4 Å². The Labute approximate surface area is 201 Å². The second-order valence-corrected chi connectivity index (χ2v) is 9.70. The van der Waals surface area contributed by atoms with Crippen molar-refractivity contribution in [2.75, 3.05) is 0 Å². The molecular weight excluding hydrogens is 471 g/mol. The van der Waals surface area contributed by atoms with Crippen molar-refractivity contribution in [2.45, 2.75) is 24.8 Å². The summed E-state index contributed by atoms with van der Waals surface area (Å²) in [6.45, 7) is 1.88. The van der Waals surface area contributed by atoms with E-state index in [2.05, 4.69) is 20.6 Å². The van der Waals surface area contributed by atoms with Gasteiger partial charge in [-0.2, -0.15) is 0 Å². The molecule has 2 amide bonds. The number of benzene rings is 3. The van der Waals surface area contributed by atoms with Crippen molar-refractivity contribution in [3.05, 3.63) is 101 Å². The van der Waals surface area contributed by atoms with E-state index in [1.807, 2.05) is 6.07 Å². The number of carbonyl (C=O) groups excluding carboxylic acids is 2. The van der Waals surface area contributed by atoms with Gasteiger partial charge in [0, 0.05) is 28.7 Å². The molecule has 0 aliphatic rings. The van der Waals surface area contributed by atoms with Crippen molar-refractivity contribution in [1.82, 2.24) is 20.6 Å². The fraction of sp³-hybridized carbons (Fsp3) is 0.120. The molecule has 4 rings (SSSR count). The predicted molar refractivity (Wildman–Crippen MR) is 129 cm³/mol. The first-order valence-electron chi connectivity index (χ1n) is 10.7. The Hall–Kier alpha value is -4.02. The third-order valence-corrected chi connectivity index (χ3v) is 6.85. The van der Waals surface area contributed by atoms with Crippen molar-refractivity contribution in [1.29, 1.82) is 0 Å². The lowest BCUT2D eigenvalue weighted by Crippen LogP contribution is -2.42. The summed E-state index contributed by atoms with van der Waals surface area (Å²) in [4.78, 5) is 28.0. The maximum atomic E-state index is 13.6. The zero-order chi connectivity index (χ0) is 25.0. The molecule has 1 heterocycles. The molecule has 0 spiro atoms. The van der Waals surface area contributed by atoms with Crippen LogP contribution in [-0.2, 0) is 27.8 Å². The molecule has 0 aliphatic heterocycles. The van der Waals surface area contributed by atoms with Crippen LogP contribution in [0.5, 0.6) is 0 Å². The number of halogens is 1. The molecule has 35 heavy (non-hydrogen) atoms. The molecule has 180 valence electrons. The van der Waals surface area contributed by atoms with Crippen LogP contribution in [-0.4, -0.2) is 25.2 Å². The highest BCUT2D eigenvalue weighted by Gasteiger charge is 2.17. The summed E-state index contributed by atoms with van der Waals surface area (Å²) in [6, 6.07) is 18.8. The average molecular weight is 495 g/mol. The van der Waals surface area contributed by atoms with Gasteiger partial charge in [0.05, 0.1) is 11.3 Å². The Bertz CT molecular complexity index is 1500. The lowest BCUT2D eigenvalue weighted by Gasteiger charge is -2.10. The Morgan fingerprint density at radius 3 is 2.49 bits per heavy atom. The summed E-state index contributed by atoms with van der Waals surface area (Å²) in [5, 5.41) is 0.588. The molecule has 0 bridgehead atoms. The van der Waals surface area contributed by atoms with Crippen LogP contribution in [0.4, 0.5) is 4.39 Å². The maximum Gasteiger partial charge on any atom is 0.269 e. The van der Waals surface area contributed by atoms with E-state index in [4.69, 9.17) is 0 Å². The Morgan fingerprint density at radius 1 is 0.943 bits per heavy atom. The van der Waals surface area contributed by atoms with E-state index in [1.165, 1.54) is 36.4 Å². The van der Waals surface area contributed by atoms with E-state index in [1.54, 1.807) is 37.3 Å². The SMILES string of the molecule is Cc1[nH]c2ccc(F)cc2c1CC(=O)NNC(=O)c1cccc(S(=O)(=O)NCc2ccccc2)c1. The number of nitrogens with one attached hydrogen (secondary N) is 4. The molecule has 0 atom stereocenters. The maximum absolute atomic E-state index is 13.6. The molecule has 0 unspecified atom stereocenters. The largest absolute Gasteiger partial charge is 0.358 e. The van der Waals surface area contributed by atoms with Gasteiger partial charge in [0.2, 0.25) is 15.9 Å². The normalized spacial score (nSPS) is 11.4. The summed E-state index contributed by atoms with van der Waals surface area (Å²) in [7, 11) is -3.86. The first-order chi connectivity index (χ1) is 16.7. The van der Waals surface area contributed by atoms with Gasteiger partial charge < -0.3 is 4.98 Å². The summed E-state index contributed by atoms with van der Waals surface area (Å²) in [5.41, 5.74) is 7.49. The van der Waals surface area contributed by atoms with Crippen LogP contribution in [0.2, 0.25) is 0 Å². The van der Waals surface area contributed by atoms with Crippen LogP contribution in [0, 0.1) is 12.7 Å². The quantitative estimate of drug-likeness (QED) is 0.295. The van der Waals surface area contributed by atoms with Crippen molar-refractivity contribution in [3.63, 3.8) is 0 Å². The fourth-order valence-electron chi connectivity index (χ4n) is 3.65. The number of H-pyrrole nitrogens is 1. The van der Waals surface area contributed by atoms with E-state index in [0.717, 1.165) is 5.56 Å². The van der Waals surface area contributed by atoms with Crippen molar-refractivity contribution < 1.29 is 22.4 Å². The van der Waals surface area contributed by atoms with Crippen molar-refractivity contribution in [3.8, 4) is 0 Å². The number of sulfonamides is 1. The van der Waals surface area contributed by atoms with Crippen LogP contribution in [0.1, 0.15) is 27.2 Å². The first kappa shape index (κ1) is 24.1. The molecule has 4 aromatic rings. The molecule has 10 heteroatoms. The number of amides is 2. The minimum atomic E-state index is -3.86. The minimum Gasteiger partial charge on any atom is -0.358 e. The molecule has 0 fully saturated rings. The summed E-state index contributed by atoms with van der Waals surface area (Å²) >= 11 is 0. The molecule has 0 saturated carbocycles. The summed E-state index contributed by atoms with van der Waals surface area (Å²) in [5.74, 6) is -1.61. The smallest absolute Gasteiger partial charge is 0.269 e. The van der Waals surface area contributed by atoms with Crippen LogP contribution in [0.15, 0.2) is 77.7 Å². The van der Waals surface area contributed by atoms with E-state index >= 15 is 0 Å². The number of hydrazine groups is 1. The van der Waals surface area contributed by atoms with E-state index < -0.39 is 27.7 Å². The van der Waals surface area contributed by atoms with Gasteiger partial charge in [-0.15, -0.1) is 0 Å². The lowest BCUT2D eigenvalue weighted by atomic mass is 10.1. The van der Waals surface area contributed by atoms with E-state index in [0.29, 0.717) is 22.2 Å². The highest BCUT2D eigenvalue weighted by Crippen LogP contribution is 2.23. The number of aromatic nitrogens is 1. The molecule has 1 aromatic heterocycles. The van der Waals surface area contributed by atoms with Gasteiger partial charge in [-0.3, -0.25) is 20.4 Å². The summed E-state index contributed by atoms with van der Waals surface area (Å²) < 4.78 is 41.4. The number of hydrogen-bond acceptors (Lipinski definition) is 4. The standard InChI is InChI=1S/C25H23FN4O4S/c1-16-21(22-13-19(26)10-11-23(22)28-16)14-24(31)29-30-25(32)18-8-5-9-20(12-18)35(33,34)27-15-17-6-3-2-4-7-17/h2-13,27-28H,14-15H2,1H3,(H,29,31)(H,30,32). The number of hydrogen-bond donors (Lipinski definition) is 4. The predicted octanol–water partition coefficient (Wildman–Crippen LogP) is 3.10. The zero-order valence-electron chi connectivity index (χ0n) is 18.8. The van der Waals surface area contributed by atoms with Crippen molar-refractivity contribution >= 4 is 32.7 Å². The Balaban J connectivity index is 1.39. The van der Waals surface area contributed by atoms with Gasteiger partial charge in [-0.05, 0) is 54.4 Å². The first-order valence-corrected chi connectivity index (χ1v) is 12.2. The third kappa shape index (κ3) is 5.73. The van der Waals surface area contributed by atoms with Gasteiger partial charge in [0.1, 0.15) is 5.82 Å². The van der Waals surface area contributed by atoms with Crippen LogP contribution in [0.3, 0.4) is 0 Å². The van der Waals surface area contributed by atoms with E-state index in [-0.39, 0.29) is 23.4 Å². The van der Waals surface area contributed by atoms with Crippen molar-refractivity contribution in [2.24, 2.45) is 0 Å². The highest BCUT2D eigenvalue weighted by atomic mass is 32.2.